The van der Waals surface area contributed by atoms with E-state index < -0.39 is 0 Å². The lowest BCUT2D eigenvalue weighted by Gasteiger charge is -2.54. The maximum absolute atomic E-state index is 13.0. The van der Waals surface area contributed by atoms with Crippen molar-refractivity contribution < 1.29 is 9.53 Å². The van der Waals surface area contributed by atoms with Gasteiger partial charge in [0, 0.05) is 13.1 Å². The molecule has 142 valence electrons. The lowest BCUT2D eigenvalue weighted by molar-refractivity contribution is -0.0120. The minimum Gasteiger partial charge on any atom is -0.477 e. The van der Waals surface area contributed by atoms with Crippen LogP contribution in [0, 0.1) is 29.6 Å². The molecule has 5 heteroatoms. The highest BCUT2D eigenvalue weighted by Gasteiger charge is 2.48. The summed E-state index contributed by atoms with van der Waals surface area (Å²) < 4.78 is 7.77. The van der Waals surface area contributed by atoms with E-state index in [4.69, 9.17) is 4.74 Å². The van der Waals surface area contributed by atoms with Crippen LogP contribution >= 0.6 is 0 Å². The van der Waals surface area contributed by atoms with Crippen LogP contribution in [-0.2, 0) is 7.05 Å². The number of hydrogen-bond acceptors (Lipinski definition) is 3. The molecule has 1 N–H and O–H groups in total. The highest BCUT2D eigenvalue weighted by Crippen LogP contribution is 2.53. The number of hydrogen-bond donors (Lipinski definition) is 1. The Labute approximate surface area is 155 Å². The van der Waals surface area contributed by atoms with Gasteiger partial charge in [0.2, 0.25) is 5.88 Å². The summed E-state index contributed by atoms with van der Waals surface area (Å²) in [5.74, 6) is 4.51. The fraction of sp³-hybridized carbons (Fsp3) is 0.810. The first-order valence-corrected chi connectivity index (χ1v) is 10.6. The quantitative estimate of drug-likeness (QED) is 0.877. The van der Waals surface area contributed by atoms with Gasteiger partial charge >= 0.3 is 0 Å². The zero-order valence-corrected chi connectivity index (χ0v) is 15.8. The van der Waals surface area contributed by atoms with Crippen LogP contribution in [-0.4, -0.2) is 28.3 Å². The fourth-order valence-corrected chi connectivity index (χ4v) is 6.52. The summed E-state index contributed by atoms with van der Waals surface area (Å²) in [6.07, 6.45) is 13.5. The van der Waals surface area contributed by atoms with Crippen molar-refractivity contribution in [2.45, 2.75) is 63.8 Å². The van der Waals surface area contributed by atoms with Gasteiger partial charge in [-0.25, -0.2) is 4.68 Å². The Hall–Kier alpha value is -1.52. The summed E-state index contributed by atoms with van der Waals surface area (Å²) in [5.41, 5.74) is 0.610. The van der Waals surface area contributed by atoms with Gasteiger partial charge in [-0.3, -0.25) is 4.79 Å². The van der Waals surface area contributed by atoms with E-state index in [1.54, 1.807) is 10.9 Å². The first-order chi connectivity index (χ1) is 12.7. The number of nitrogens with zero attached hydrogens (tertiary/aromatic N) is 2. The number of rotatable bonds is 5. The van der Waals surface area contributed by atoms with Crippen LogP contribution in [0.25, 0.3) is 0 Å². The maximum Gasteiger partial charge on any atom is 0.258 e. The van der Waals surface area contributed by atoms with Gasteiger partial charge in [0.25, 0.3) is 5.91 Å². The molecule has 0 aliphatic heterocycles. The molecule has 5 aliphatic carbocycles. The van der Waals surface area contributed by atoms with Crippen molar-refractivity contribution in [3.05, 3.63) is 11.8 Å². The maximum atomic E-state index is 13.0. The summed E-state index contributed by atoms with van der Waals surface area (Å²) in [7, 11) is 1.86. The van der Waals surface area contributed by atoms with Gasteiger partial charge in [0.1, 0.15) is 5.56 Å². The van der Waals surface area contributed by atoms with Gasteiger partial charge in [-0.2, -0.15) is 5.10 Å². The zero-order chi connectivity index (χ0) is 17.7. The van der Waals surface area contributed by atoms with E-state index in [-0.39, 0.29) is 5.91 Å². The molecule has 4 bridgehead atoms. The van der Waals surface area contributed by atoms with Crippen molar-refractivity contribution in [2.24, 2.45) is 36.6 Å². The topological polar surface area (TPSA) is 56.2 Å². The molecule has 5 fully saturated rings. The minimum absolute atomic E-state index is 0.0111. The second-order valence-electron chi connectivity index (χ2n) is 9.38. The van der Waals surface area contributed by atoms with E-state index in [0.717, 1.165) is 11.8 Å². The number of aromatic nitrogens is 2. The van der Waals surface area contributed by atoms with Crippen molar-refractivity contribution in [2.75, 3.05) is 6.61 Å². The molecule has 0 spiro atoms. The van der Waals surface area contributed by atoms with Gasteiger partial charge in [-0.15, -0.1) is 0 Å². The molecule has 5 aliphatic rings. The van der Waals surface area contributed by atoms with Crippen molar-refractivity contribution in [3.8, 4) is 5.88 Å². The Morgan fingerprint density at radius 3 is 2.46 bits per heavy atom. The van der Waals surface area contributed by atoms with Gasteiger partial charge in [-0.1, -0.05) is 12.8 Å². The van der Waals surface area contributed by atoms with Crippen LogP contribution in [0.4, 0.5) is 0 Å². The molecule has 1 amide bonds. The SMILES string of the molecule is Cn1ncc(C(=O)NC2C3CC4CC(C3)CC2C4)c1OCC1CCCC1. The molecule has 5 saturated carbocycles. The molecule has 0 aromatic carbocycles. The van der Waals surface area contributed by atoms with Crippen molar-refractivity contribution in [3.63, 3.8) is 0 Å². The monoisotopic (exact) mass is 357 g/mol. The summed E-state index contributed by atoms with van der Waals surface area (Å²) >= 11 is 0. The molecular weight excluding hydrogens is 326 g/mol. The molecule has 0 unspecified atom stereocenters. The Bertz CT molecular complexity index is 649. The second-order valence-corrected chi connectivity index (χ2v) is 9.38. The Morgan fingerprint density at radius 2 is 1.81 bits per heavy atom. The zero-order valence-electron chi connectivity index (χ0n) is 15.8. The molecular formula is C21H31N3O2. The Morgan fingerprint density at radius 1 is 1.15 bits per heavy atom. The third-order valence-electron chi connectivity index (χ3n) is 7.58. The number of carbonyl (C=O) groups excluding carboxylic acids is 1. The van der Waals surface area contributed by atoms with Gasteiger partial charge in [0.15, 0.2) is 0 Å². The molecule has 6 rings (SSSR count). The predicted molar refractivity (Wildman–Crippen MR) is 99.0 cm³/mol. The summed E-state index contributed by atoms with van der Waals surface area (Å²) in [5, 5.41) is 7.69. The largest absolute Gasteiger partial charge is 0.477 e. The lowest BCUT2D eigenvalue weighted by atomic mass is 9.54. The summed E-state index contributed by atoms with van der Waals surface area (Å²) in [6, 6.07) is 0.359. The average Bonchev–Trinajstić information content (AvgIpc) is 3.25. The van der Waals surface area contributed by atoms with Crippen LogP contribution in [0.5, 0.6) is 5.88 Å². The molecule has 0 saturated heterocycles. The highest BCUT2D eigenvalue weighted by atomic mass is 16.5. The van der Waals surface area contributed by atoms with Crippen LogP contribution in [0.2, 0.25) is 0 Å². The minimum atomic E-state index is 0.0111. The second kappa shape index (κ2) is 6.58. The molecule has 26 heavy (non-hydrogen) atoms. The van der Waals surface area contributed by atoms with Crippen LogP contribution in [0.15, 0.2) is 6.20 Å². The molecule has 1 heterocycles. The number of carbonyl (C=O) groups is 1. The Balaban J connectivity index is 1.27. The third kappa shape index (κ3) is 2.93. The van der Waals surface area contributed by atoms with E-state index in [0.29, 0.717) is 41.8 Å². The van der Waals surface area contributed by atoms with E-state index in [1.165, 1.54) is 57.8 Å². The summed E-state index contributed by atoms with van der Waals surface area (Å²) in [6.45, 7) is 0.706. The smallest absolute Gasteiger partial charge is 0.258 e. The van der Waals surface area contributed by atoms with Crippen LogP contribution in [0.1, 0.15) is 68.1 Å². The summed E-state index contributed by atoms with van der Waals surface area (Å²) in [4.78, 5) is 13.0. The first kappa shape index (κ1) is 16.6. The average molecular weight is 357 g/mol. The normalized spacial score (nSPS) is 35.8. The molecule has 0 radical (unpaired) electrons. The number of amides is 1. The van der Waals surface area contributed by atoms with Crippen LogP contribution < -0.4 is 10.1 Å². The molecule has 5 nitrogen and oxygen atoms in total. The van der Waals surface area contributed by atoms with E-state index >= 15 is 0 Å². The van der Waals surface area contributed by atoms with E-state index in [9.17, 15) is 4.79 Å². The van der Waals surface area contributed by atoms with Crippen LogP contribution in [0.3, 0.4) is 0 Å². The van der Waals surface area contributed by atoms with Gasteiger partial charge < -0.3 is 10.1 Å². The van der Waals surface area contributed by atoms with E-state index in [1.807, 2.05) is 7.05 Å². The lowest BCUT2D eigenvalue weighted by Crippen LogP contribution is -2.55. The Kier molecular flexibility index (Phi) is 4.21. The fourth-order valence-electron chi connectivity index (χ4n) is 6.52. The molecule has 1 aromatic heterocycles. The van der Waals surface area contributed by atoms with Gasteiger partial charge in [-0.05, 0) is 74.5 Å². The predicted octanol–water partition coefficient (Wildman–Crippen LogP) is 3.54. The number of aryl methyl sites for hydroxylation is 1. The van der Waals surface area contributed by atoms with Crippen molar-refractivity contribution in [1.82, 2.24) is 15.1 Å². The third-order valence-corrected chi connectivity index (χ3v) is 7.58. The highest BCUT2D eigenvalue weighted by molar-refractivity contribution is 5.96. The molecule has 1 aromatic rings. The first-order valence-electron chi connectivity index (χ1n) is 10.6. The van der Waals surface area contributed by atoms with E-state index in [2.05, 4.69) is 10.4 Å². The standard InChI is InChI=1S/C21H31N3O2/c1-24-21(26-12-13-4-2-3-5-13)18(11-22-24)20(25)23-19-16-7-14-6-15(9-16)10-17(19)8-14/h11,13-17,19H,2-10,12H2,1H3,(H,23,25). The molecule has 0 atom stereocenters. The van der Waals surface area contributed by atoms with Crippen molar-refractivity contribution >= 4 is 5.91 Å². The number of ether oxygens (including phenoxy) is 1. The van der Waals surface area contributed by atoms with Crippen molar-refractivity contribution in [1.29, 1.82) is 0 Å². The van der Waals surface area contributed by atoms with Gasteiger partial charge in [0.05, 0.1) is 12.8 Å². The number of nitrogens with one attached hydrogen (secondary N) is 1.